The number of allylic oxidation sites excluding steroid dienone is 4. The zero-order valence-electron chi connectivity index (χ0n) is 6.12. The van der Waals surface area contributed by atoms with E-state index in [1.165, 1.54) is 0 Å². The molecule has 0 bridgehead atoms. The van der Waals surface area contributed by atoms with E-state index in [4.69, 9.17) is 0 Å². The van der Waals surface area contributed by atoms with Crippen LogP contribution in [0.15, 0.2) is 37.6 Å². The van der Waals surface area contributed by atoms with E-state index in [-0.39, 0.29) is 0 Å². The summed E-state index contributed by atoms with van der Waals surface area (Å²) in [7, 11) is 0. The van der Waals surface area contributed by atoms with Gasteiger partial charge in [0.1, 0.15) is 5.69 Å². The molecule has 3 heteroatoms. The lowest BCUT2D eigenvalue weighted by Crippen LogP contribution is -1.77. The number of H-pyrrole nitrogens is 1. The van der Waals surface area contributed by atoms with Crippen molar-refractivity contribution in [2.45, 2.75) is 0 Å². The van der Waals surface area contributed by atoms with Crippen LogP contribution in [0.5, 0.6) is 0 Å². The summed E-state index contributed by atoms with van der Waals surface area (Å²) in [4.78, 5) is 0. The minimum Gasteiger partial charge on any atom is -0.197 e. The highest BCUT2D eigenvalue weighted by molar-refractivity contribution is 5.68. The fourth-order valence-electron chi connectivity index (χ4n) is 0.626. The van der Waals surface area contributed by atoms with Crippen molar-refractivity contribution in [2.75, 3.05) is 0 Å². The van der Waals surface area contributed by atoms with Crippen molar-refractivity contribution in [3.05, 3.63) is 43.3 Å². The van der Waals surface area contributed by atoms with Crippen LogP contribution in [0.3, 0.4) is 0 Å². The van der Waals surface area contributed by atoms with Crippen molar-refractivity contribution in [1.82, 2.24) is 15.4 Å². The molecule has 56 valence electrons. The molecule has 0 aliphatic carbocycles. The fraction of sp³-hybridized carbons (Fsp3) is 0. The molecule has 0 aliphatic heterocycles. The van der Waals surface area contributed by atoms with Gasteiger partial charge < -0.3 is 0 Å². The normalized spacial score (nSPS) is 10.2. The lowest BCUT2D eigenvalue weighted by molar-refractivity contribution is 0.936. The molecule has 1 aromatic rings. The van der Waals surface area contributed by atoms with Gasteiger partial charge in [0.15, 0.2) is 0 Å². The number of nitrogens with one attached hydrogen (secondary N) is 1. The monoisotopic (exact) mass is 147 g/mol. The molecule has 0 aromatic carbocycles. The smallest absolute Gasteiger partial charge is 0.112 e. The Bertz CT molecular complexity index is 270. The third-order valence-electron chi connectivity index (χ3n) is 1.18. The molecule has 1 aromatic heterocycles. The highest BCUT2D eigenvalue weighted by atomic mass is 15.3. The third kappa shape index (κ3) is 1.89. The number of hydrogen-bond acceptors (Lipinski definition) is 2. The Morgan fingerprint density at radius 2 is 2.45 bits per heavy atom. The maximum absolute atomic E-state index is 3.85. The van der Waals surface area contributed by atoms with E-state index < -0.39 is 0 Å². The predicted octanol–water partition coefficient (Wildman–Crippen LogP) is 1.56. The molecule has 0 saturated carbocycles. The average molecular weight is 147 g/mol. The van der Waals surface area contributed by atoms with Gasteiger partial charge in [-0.25, -0.2) is 0 Å². The molecular formula is C8H9N3. The van der Waals surface area contributed by atoms with Crippen LogP contribution < -0.4 is 0 Å². The Morgan fingerprint density at radius 1 is 1.64 bits per heavy atom. The lowest BCUT2D eigenvalue weighted by Gasteiger charge is -1.88. The standard InChI is InChI=1S/C8H9N3/c1-3-4-5-7(2)8-6-9-11-10-8/h3-6H,1-2H2,(H,9,10,11)/b5-4-. The van der Waals surface area contributed by atoms with Crippen LogP contribution in [-0.2, 0) is 0 Å². The van der Waals surface area contributed by atoms with Gasteiger partial charge in [0.05, 0.1) is 6.20 Å². The van der Waals surface area contributed by atoms with Crippen molar-refractivity contribution >= 4 is 5.57 Å². The van der Waals surface area contributed by atoms with E-state index in [9.17, 15) is 0 Å². The molecule has 0 amide bonds. The molecule has 0 radical (unpaired) electrons. The van der Waals surface area contributed by atoms with Crippen LogP contribution in [0.1, 0.15) is 5.69 Å². The lowest BCUT2D eigenvalue weighted by atomic mass is 10.2. The summed E-state index contributed by atoms with van der Waals surface area (Å²) < 4.78 is 0. The van der Waals surface area contributed by atoms with Gasteiger partial charge in [0.2, 0.25) is 0 Å². The Kier molecular flexibility index (Phi) is 2.38. The number of aromatic nitrogens is 3. The second-order valence-electron chi connectivity index (χ2n) is 1.98. The Morgan fingerprint density at radius 3 is 3.00 bits per heavy atom. The quantitative estimate of drug-likeness (QED) is 0.659. The minimum absolute atomic E-state index is 0.753. The van der Waals surface area contributed by atoms with Gasteiger partial charge in [-0.3, -0.25) is 0 Å². The van der Waals surface area contributed by atoms with E-state index >= 15 is 0 Å². The summed E-state index contributed by atoms with van der Waals surface area (Å²) in [5.41, 5.74) is 1.57. The summed E-state index contributed by atoms with van der Waals surface area (Å²) in [5.74, 6) is 0. The Labute approximate surface area is 65.1 Å². The Balaban J connectivity index is 2.71. The van der Waals surface area contributed by atoms with Crippen LogP contribution >= 0.6 is 0 Å². The van der Waals surface area contributed by atoms with Crippen LogP contribution in [0.2, 0.25) is 0 Å². The number of nitrogens with zero attached hydrogens (tertiary/aromatic N) is 2. The van der Waals surface area contributed by atoms with Gasteiger partial charge in [-0.05, 0) is 5.57 Å². The first kappa shape index (κ1) is 7.47. The second-order valence-corrected chi connectivity index (χ2v) is 1.98. The molecule has 11 heavy (non-hydrogen) atoms. The zero-order chi connectivity index (χ0) is 8.10. The number of hydrogen-bond donors (Lipinski definition) is 1. The molecule has 0 spiro atoms. The van der Waals surface area contributed by atoms with Crippen molar-refractivity contribution in [1.29, 1.82) is 0 Å². The highest BCUT2D eigenvalue weighted by Crippen LogP contribution is 2.07. The molecule has 0 saturated heterocycles. The first-order valence-electron chi connectivity index (χ1n) is 3.18. The SMILES string of the molecule is C=C/C=C\C(=C)c1cn[nH]n1. The van der Waals surface area contributed by atoms with Crippen LogP contribution in [-0.4, -0.2) is 15.4 Å². The van der Waals surface area contributed by atoms with Gasteiger partial charge in [-0.15, -0.1) is 0 Å². The van der Waals surface area contributed by atoms with Crippen molar-refractivity contribution in [3.63, 3.8) is 0 Å². The van der Waals surface area contributed by atoms with Gasteiger partial charge >= 0.3 is 0 Å². The minimum atomic E-state index is 0.753. The first-order chi connectivity index (χ1) is 5.34. The summed E-state index contributed by atoms with van der Waals surface area (Å²) in [6.45, 7) is 7.32. The predicted molar refractivity (Wildman–Crippen MR) is 44.8 cm³/mol. The fourth-order valence-corrected chi connectivity index (χ4v) is 0.626. The van der Waals surface area contributed by atoms with Crippen LogP contribution in [0.25, 0.3) is 5.57 Å². The van der Waals surface area contributed by atoms with E-state index in [1.54, 1.807) is 18.3 Å². The summed E-state index contributed by atoms with van der Waals surface area (Å²) in [6.07, 6.45) is 6.93. The van der Waals surface area contributed by atoms with Crippen molar-refractivity contribution in [2.24, 2.45) is 0 Å². The molecule has 0 unspecified atom stereocenters. The largest absolute Gasteiger partial charge is 0.197 e. The first-order valence-corrected chi connectivity index (χ1v) is 3.18. The molecular weight excluding hydrogens is 138 g/mol. The van der Waals surface area contributed by atoms with Crippen LogP contribution in [0.4, 0.5) is 0 Å². The molecule has 1 rings (SSSR count). The molecule has 1 heterocycles. The van der Waals surface area contributed by atoms with Gasteiger partial charge in [0.25, 0.3) is 0 Å². The average Bonchev–Trinajstić information content (AvgIpc) is 2.52. The van der Waals surface area contributed by atoms with Crippen LogP contribution in [0, 0.1) is 0 Å². The van der Waals surface area contributed by atoms with E-state index in [2.05, 4.69) is 28.6 Å². The van der Waals surface area contributed by atoms with E-state index in [0.717, 1.165) is 11.3 Å². The van der Waals surface area contributed by atoms with E-state index in [1.807, 2.05) is 6.08 Å². The zero-order valence-corrected chi connectivity index (χ0v) is 6.12. The summed E-state index contributed by atoms with van der Waals surface area (Å²) in [6, 6.07) is 0. The maximum Gasteiger partial charge on any atom is 0.112 e. The highest BCUT2D eigenvalue weighted by Gasteiger charge is 1.95. The molecule has 0 atom stereocenters. The topological polar surface area (TPSA) is 41.6 Å². The molecule has 3 nitrogen and oxygen atoms in total. The van der Waals surface area contributed by atoms with Gasteiger partial charge in [-0.2, -0.15) is 15.4 Å². The number of aromatic amines is 1. The summed E-state index contributed by atoms with van der Waals surface area (Å²) in [5, 5.41) is 10.0. The Hall–Kier alpha value is -1.64. The van der Waals surface area contributed by atoms with E-state index in [0.29, 0.717) is 0 Å². The van der Waals surface area contributed by atoms with Crippen molar-refractivity contribution < 1.29 is 0 Å². The van der Waals surface area contributed by atoms with Gasteiger partial charge in [-0.1, -0.05) is 31.4 Å². The van der Waals surface area contributed by atoms with Crippen molar-refractivity contribution in [3.8, 4) is 0 Å². The summed E-state index contributed by atoms with van der Waals surface area (Å²) >= 11 is 0. The second kappa shape index (κ2) is 3.51. The molecule has 0 aliphatic rings. The maximum atomic E-state index is 3.85. The molecule has 1 N–H and O–H groups in total. The van der Waals surface area contributed by atoms with Gasteiger partial charge in [0, 0.05) is 0 Å². The number of rotatable bonds is 3. The molecule has 0 fully saturated rings. The third-order valence-corrected chi connectivity index (χ3v) is 1.18.